The minimum Gasteiger partial charge on any atom is -0.497 e. The molecule has 4 rings (SSSR count). The molecule has 0 saturated heterocycles. The number of methoxy groups -OCH3 is 1. The van der Waals surface area contributed by atoms with E-state index in [0.29, 0.717) is 0 Å². The molecule has 0 fully saturated rings. The van der Waals surface area contributed by atoms with Crippen molar-refractivity contribution in [3.63, 3.8) is 0 Å². The van der Waals surface area contributed by atoms with Crippen molar-refractivity contribution in [2.75, 3.05) is 7.11 Å². The second-order valence-corrected chi connectivity index (χ2v) is 6.87. The largest absolute Gasteiger partial charge is 0.497 e. The fourth-order valence-electron chi connectivity index (χ4n) is 2.94. The van der Waals surface area contributed by atoms with Crippen molar-refractivity contribution >= 4 is 33.6 Å². The van der Waals surface area contributed by atoms with Gasteiger partial charge in [0, 0.05) is 20.5 Å². The molecule has 0 atom stereocenters. The molecule has 0 unspecified atom stereocenters. The number of ether oxygens (including phenoxy) is 1. The lowest BCUT2D eigenvalue weighted by molar-refractivity contribution is 0.415. The first kappa shape index (κ1) is 15.7. The second-order valence-electron chi connectivity index (χ2n) is 5.82. The summed E-state index contributed by atoms with van der Waals surface area (Å²) in [6.07, 6.45) is 4.40. The van der Waals surface area contributed by atoms with Crippen LogP contribution in [-0.2, 0) is 0 Å². The zero-order chi connectivity index (χ0) is 17.1. The van der Waals surface area contributed by atoms with E-state index in [9.17, 15) is 0 Å². The van der Waals surface area contributed by atoms with E-state index < -0.39 is 0 Å². The van der Waals surface area contributed by atoms with Crippen LogP contribution in [0.2, 0.25) is 0 Å². The van der Waals surface area contributed by atoms with Gasteiger partial charge in [-0.25, -0.2) is 0 Å². The maximum absolute atomic E-state index is 5.40. The van der Waals surface area contributed by atoms with Crippen LogP contribution in [0.15, 0.2) is 78.9 Å². The lowest BCUT2D eigenvalue weighted by Gasteiger charge is -2.01. The molecule has 0 bridgehead atoms. The van der Waals surface area contributed by atoms with Crippen molar-refractivity contribution in [3.8, 4) is 16.2 Å². The van der Waals surface area contributed by atoms with Gasteiger partial charge in [-0.3, -0.25) is 0 Å². The Hall–Kier alpha value is -2.84. The number of hydrogen-bond donors (Lipinski definition) is 0. The lowest BCUT2D eigenvalue weighted by Crippen LogP contribution is -1.81. The first-order chi connectivity index (χ1) is 12.3. The van der Waals surface area contributed by atoms with Crippen LogP contribution in [0.5, 0.6) is 5.75 Å². The van der Waals surface area contributed by atoms with E-state index in [0.717, 1.165) is 5.75 Å². The summed E-state index contributed by atoms with van der Waals surface area (Å²) in [5.41, 5.74) is 3.71. The molecule has 0 N–H and O–H groups in total. The minimum atomic E-state index is 0.895. The van der Waals surface area contributed by atoms with E-state index in [1.807, 2.05) is 23.5 Å². The summed E-state index contributed by atoms with van der Waals surface area (Å²) in [6, 6.07) is 27.3. The molecular weight excluding hydrogens is 324 g/mol. The monoisotopic (exact) mass is 342 g/mol. The van der Waals surface area contributed by atoms with Gasteiger partial charge in [0.1, 0.15) is 5.75 Å². The van der Waals surface area contributed by atoms with Gasteiger partial charge in [-0.15, -0.1) is 11.3 Å². The standard InChI is InChI=1S/C23H18OS/c1-24-19-13-15-20-21(14-12-17-8-4-2-5-9-17)23(25-22(20)16-19)18-10-6-3-7-11-18/h2-16H,1H3. The maximum Gasteiger partial charge on any atom is 0.120 e. The van der Waals surface area contributed by atoms with Gasteiger partial charge >= 0.3 is 0 Å². The summed E-state index contributed by atoms with van der Waals surface area (Å²) in [4.78, 5) is 1.29. The Morgan fingerprint density at radius 1 is 0.800 bits per heavy atom. The number of fused-ring (bicyclic) bond motifs is 1. The Morgan fingerprint density at radius 3 is 2.24 bits per heavy atom. The van der Waals surface area contributed by atoms with Crippen molar-refractivity contribution in [2.24, 2.45) is 0 Å². The van der Waals surface area contributed by atoms with Gasteiger partial charge in [0.15, 0.2) is 0 Å². The van der Waals surface area contributed by atoms with E-state index in [2.05, 4.69) is 78.9 Å². The van der Waals surface area contributed by atoms with Crippen LogP contribution in [0.25, 0.3) is 32.7 Å². The normalized spacial score (nSPS) is 11.2. The van der Waals surface area contributed by atoms with Crippen LogP contribution < -0.4 is 4.74 Å². The molecule has 0 aliphatic carbocycles. The van der Waals surface area contributed by atoms with Crippen LogP contribution >= 0.6 is 11.3 Å². The van der Waals surface area contributed by atoms with Gasteiger partial charge in [0.25, 0.3) is 0 Å². The van der Waals surface area contributed by atoms with Gasteiger partial charge in [-0.1, -0.05) is 72.8 Å². The van der Waals surface area contributed by atoms with Crippen LogP contribution in [-0.4, -0.2) is 7.11 Å². The Kier molecular flexibility index (Phi) is 4.36. The molecule has 3 aromatic carbocycles. The fourth-order valence-corrected chi connectivity index (χ4v) is 4.16. The number of hydrogen-bond acceptors (Lipinski definition) is 2. The first-order valence-electron chi connectivity index (χ1n) is 8.24. The molecule has 0 radical (unpaired) electrons. The Labute approximate surface area is 151 Å². The predicted molar refractivity (Wildman–Crippen MR) is 109 cm³/mol. The molecule has 1 nitrogen and oxygen atoms in total. The summed E-state index contributed by atoms with van der Waals surface area (Å²) in [6.45, 7) is 0. The van der Waals surface area contributed by atoms with Gasteiger partial charge < -0.3 is 4.74 Å². The lowest BCUT2D eigenvalue weighted by atomic mass is 10.0. The topological polar surface area (TPSA) is 9.23 Å². The van der Waals surface area contributed by atoms with Gasteiger partial charge in [0.2, 0.25) is 0 Å². The van der Waals surface area contributed by atoms with Crippen LogP contribution in [0.1, 0.15) is 11.1 Å². The molecule has 25 heavy (non-hydrogen) atoms. The van der Waals surface area contributed by atoms with Crippen LogP contribution in [0.4, 0.5) is 0 Å². The smallest absolute Gasteiger partial charge is 0.120 e. The van der Waals surface area contributed by atoms with Crippen LogP contribution in [0.3, 0.4) is 0 Å². The minimum absolute atomic E-state index is 0.895. The summed E-state index contributed by atoms with van der Waals surface area (Å²) in [5.74, 6) is 0.895. The summed E-state index contributed by atoms with van der Waals surface area (Å²) < 4.78 is 6.64. The summed E-state index contributed by atoms with van der Waals surface area (Å²) in [5, 5.41) is 1.26. The molecule has 0 spiro atoms. The highest BCUT2D eigenvalue weighted by Crippen LogP contribution is 2.41. The van der Waals surface area contributed by atoms with Crippen molar-refractivity contribution in [3.05, 3.63) is 90.0 Å². The van der Waals surface area contributed by atoms with Crippen LogP contribution in [0, 0.1) is 0 Å². The fraction of sp³-hybridized carbons (Fsp3) is 0.0435. The van der Waals surface area contributed by atoms with E-state index in [1.54, 1.807) is 7.11 Å². The molecule has 0 saturated carbocycles. The molecule has 2 heteroatoms. The highest BCUT2D eigenvalue weighted by atomic mass is 32.1. The first-order valence-corrected chi connectivity index (χ1v) is 9.06. The molecule has 122 valence electrons. The molecule has 0 aliphatic rings. The summed E-state index contributed by atoms with van der Waals surface area (Å²) >= 11 is 1.81. The Morgan fingerprint density at radius 2 is 1.52 bits per heavy atom. The molecule has 0 amide bonds. The number of rotatable bonds is 4. The van der Waals surface area contributed by atoms with Crippen molar-refractivity contribution in [1.29, 1.82) is 0 Å². The second kappa shape index (κ2) is 6.96. The van der Waals surface area contributed by atoms with E-state index in [1.165, 1.54) is 31.7 Å². The van der Waals surface area contributed by atoms with E-state index >= 15 is 0 Å². The average molecular weight is 342 g/mol. The number of thiophene rings is 1. The van der Waals surface area contributed by atoms with Gasteiger partial charge in [-0.05, 0) is 29.3 Å². The third kappa shape index (κ3) is 3.21. The van der Waals surface area contributed by atoms with Gasteiger partial charge in [-0.2, -0.15) is 0 Å². The maximum atomic E-state index is 5.40. The summed E-state index contributed by atoms with van der Waals surface area (Å²) in [7, 11) is 1.71. The van der Waals surface area contributed by atoms with E-state index in [-0.39, 0.29) is 0 Å². The Balaban J connectivity index is 1.89. The predicted octanol–water partition coefficient (Wildman–Crippen LogP) is 6.75. The average Bonchev–Trinajstić information content (AvgIpc) is 3.05. The molecule has 1 heterocycles. The molecule has 1 aromatic heterocycles. The van der Waals surface area contributed by atoms with E-state index in [4.69, 9.17) is 4.74 Å². The molecular formula is C23H18OS. The van der Waals surface area contributed by atoms with Crippen molar-refractivity contribution < 1.29 is 4.74 Å². The molecule has 4 aromatic rings. The van der Waals surface area contributed by atoms with Gasteiger partial charge in [0.05, 0.1) is 7.11 Å². The zero-order valence-electron chi connectivity index (χ0n) is 14.0. The number of benzene rings is 3. The zero-order valence-corrected chi connectivity index (χ0v) is 14.8. The quantitative estimate of drug-likeness (QED) is 0.399. The third-order valence-corrected chi connectivity index (χ3v) is 5.43. The van der Waals surface area contributed by atoms with Crippen molar-refractivity contribution in [2.45, 2.75) is 0 Å². The third-order valence-electron chi connectivity index (χ3n) is 4.21. The Bertz CT molecular complexity index is 1010. The molecule has 0 aliphatic heterocycles. The highest BCUT2D eigenvalue weighted by molar-refractivity contribution is 7.22. The SMILES string of the molecule is COc1ccc2c(C=Cc3ccccc3)c(-c3ccccc3)sc2c1. The van der Waals surface area contributed by atoms with Crippen molar-refractivity contribution in [1.82, 2.24) is 0 Å². The highest BCUT2D eigenvalue weighted by Gasteiger charge is 2.12.